The van der Waals surface area contributed by atoms with E-state index in [0.717, 1.165) is 18.2 Å². The van der Waals surface area contributed by atoms with E-state index < -0.39 is 34.6 Å². The van der Waals surface area contributed by atoms with E-state index in [1.165, 1.54) is 23.8 Å². The van der Waals surface area contributed by atoms with Gasteiger partial charge in [0.05, 0.1) is 27.7 Å². The van der Waals surface area contributed by atoms with Gasteiger partial charge in [0.25, 0.3) is 0 Å². The molecule has 0 fully saturated rings. The standard InChI is InChI=1S/C20H13ClF4N4O2/c1-8-18-28-15(19(30)31)9(2)29(18)12-6-5-10(20(23,24)25)14(21)13(12)17(27-8)16-11(22)4-3-7-26-16/h3-8H,1-2H3,(H,30,31). The van der Waals surface area contributed by atoms with Crippen LogP contribution in [0.4, 0.5) is 17.6 Å². The minimum absolute atomic E-state index is 0.0960. The van der Waals surface area contributed by atoms with Gasteiger partial charge in [-0.2, -0.15) is 13.2 Å². The van der Waals surface area contributed by atoms with Crippen LogP contribution in [-0.2, 0) is 6.18 Å². The number of alkyl halides is 3. The monoisotopic (exact) mass is 452 g/mol. The van der Waals surface area contributed by atoms with Gasteiger partial charge in [-0.05, 0) is 38.1 Å². The minimum Gasteiger partial charge on any atom is -0.476 e. The molecule has 160 valence electrons. The molecule has 1 aliphatic heterocycles. The number of imidazole rings is 1. The van der Waals surface area contributed by atoms with E-state index in [1.54, 1.807) is 6.92 Å². The minimum atomic E-state index is -4.78. The van der Waals surface area contributed by atoms with E-state index in [-0.39, 0.29) is 39.9 Å². The van der Waals surface area contributed by atoms with Gasteiger partial charge >= 0.3 is 12.1 Å². The number of rotatable bonds is 2. The van der Waals surface area contributed by atoms with Crippen molar-refractivity contribution in [1.29, 1.82) is 0 Å². The fourth-order valence-electron chi connectivity index (χ4n) is 3.56. The van der Waals surface area contributed by atoms with Crippen molar-refractivity contribution >= 4 is 23.3 Å². The molecule has 11 heteroatoms. The predicted molar refractivity (Wildman–Crippen MR) is 104 cm³/mol. The Kier molecular flexibility index (Phi) is 4.84. The lowest BCUT2D eigenvalue weighted by molar-refractivity contribution is -0.137. The van der Waals surface area contributed by atoms with E-state index in [0.29, 0.717) is 0 Å². The first-order valence-electron chi connectivity index (χ1n) is 8.94. The number of hydrogen-bond donors (Lipinski definition) is 1. The van der Waals surface area contributed by atoms with Crippen LogP contribution in [0.25, 0.3) is 5.69 Å². The molecule has 1 N–H and O–H groups in total. The number of pyridine rings is 1. The Morgan fingerprint density at radius 2 is 1.97 bits per heavy atom. The van der Waals surface area contributed by atoms with Crippen molar-refractivity contribution in [2.45, 2.75) is 26.1 Å². The highest BCUT2D eigenvalue weighted by molar-refractivity contribution is 6.37. The highest BCUT2D eigenvalue weighted by Crippen LogP contribution is 2.42. The van der Waals surface area contributed by atoms with Crippen molar-refractivity contribution < 1.29 is 27.5 Å². The van der Waals surface area contributed by atoms with Gasteiger partial charge in [-0.3, -0.25) is 14.5 Å². The number of carbonyl (C=O) groups is 1. The fourth-order valence-corrected chi connectivity index (χ4v) is 3.92. The van der Waals surface area contributed by atoms with Crippen molar-refractivity contribution in [3.05, 3.63) is 75.3 Å². The molecule has 1 aromatic carbocycles. The Bertz CT molecular complexity index is 1270. The number of fused-ring (bicyclic) bond motifs is 3. The van der Waals surface area contributed by atoms with Crippen LogP contribution in [0.1, 0.15) is 51.8 Å². The molecule has 1 aliphatic rings. The number of halogens is 5. The van der Waals surface area contributed by atoms with E-state index in [9.17, 15) is 27.5 Å². The van der Waals surface area contributed by atoms with Gasteiger partial charge in [0.15, 0.2) is 11.5 Å². The Labute approximate surface area is 177 Å². The molecule has 0 saturated heterocycles. The molecule has 3 aromatic rings. The lowest BCUT2D eigenvalue weighted by atomic mass is 10.00. The average Bonchev–Trinajstić information content (AvgIpc) is 2.97. The van der Waals surface area contributed by atoms with Crippen molar-refractivity contribution in [2.24, 2.45) is 4.99 Å². The van der Waals surface area contributed by atoms with Crippen LogP contribution >= 0.6 is 11.6 Å². The molecule has 1 unspecified atom stereocenters. The summed E-state index contributed by atoms with van der Waals surface area (Å²) in [6.07, 6.45) is -3.50. The first-order chi connectivity index (χ1) is 14.5. The molecule has 31 heavy (non-hydrogen) atoms. The SMILES string of the molecule is Cc1c(C(=O)O)nc2n1-c1ccc(C(F)(F)F)c(Cl)c1C(c1ncccc1F)=NC2C. The molecule has 1 atom stereocenters. The second-order valence-electron chi connectivity index (χ2n) is 6.85. The van der Waals surface area contributed by atoms with E-state index in [1.807, 2.05) is 0 Å². The molecule has 2 aromatic heterocycles. The number of aliphatic imine (C=N–C) groups is 1. The smallest absolute Gasteiger partial charge is 0.417 e. The van der Waals surface area contributed by atoms with Crippen LogP contribution in [-0.4, -0.2) is 31.3 Å². The Morgan fingerprint density at radius 1 is 1.26 bits per heavy atom. The van der Waals surface area contributed by atoms with E-state index in [4.69, 9.17) is 11.6 Å². The quantitative estimate of drug-likeness (QED) is 0.555. The zero-order chi connectivity index (χ0) is 22.7. The topological polar surface area (TPSA) is 80.4 Å². The molecule has 0 saturated carbocycles. The van der Waals surface area contributed by atoms with Gasteiger partial charge in [-0.25, -0.2) is 14.2 Å². The van der Waals surface area contributed by atoms with Gasteiger partial charge in [0.2, 0.25) is 0 Å². The molecule has 0 bridgehead atoms. The third-order valence-corrected chi connectivity index (χ3v) is 5.31. The predicted octanol–water partition coefficient (Wildman–Crippen LogP) is 5.00. The van der Waals surface area contributed by atoms with Crippen LogP contribution in [0.3, 0.4) is 0 Å². The Morgan fingerprint density at radius 3 is 2.58 bits per heavy atom. The third kappa shape index (κ3) is 3.27. The highest BCUT2D eigenvalue weighted by Gasteiger charge is 2.38. The van der Waals surface area contributed by atoms with Crippen molar-refractivity contribution in [3.8, 4) is 5.69 Å². The normalized spacial score (nSPS) is 15.7. The molecule has 0 spiro atoms. The molecular formula is C20H13ClF4N4O2. The van der Waals surface area contributed by atoms with Crippen LogP contribution in [0.5, 0.6) is 0 Å². The summed E-state index contributed by atoms with van der Waals surface area (Å²) in [5.74, 6) is -1.93. The summed E-state index contributed by atoms with van der Waals surface area (Å²) >= 11 is 6.22. The molecule has 0 aliphatic carbocycles. The number of benzene rings is 1. The van der Waals surface area contributed by atoms with Crippen LogP contribution in [0.15, 0.2) is 35.5 Å². The van der Waals surface area contributed by atoms with Crippen molar-refractivity contribution in [3.63, 3.8) is 0 Å². The van der Waals surface area contributed by atoms with Gasteiger partial charge in [0.1, 0.15) is 17.6 Å². The number of aromatic carboxylic acids is 1. The maximum absolute atomic E-state index is 14.6. The van der Waals surface area contributed by atoms with Crippen molar-refractivity contribution in [2.75, 3.05) is 0 Å². The summed E-state index contributed by atoms with van der Waals surface area (Å²) in [5.41, 5.74) is -1.81. The fraction of sp³-hybridized carbons (Fsp3) is 0.200. The van der Waals surface area contributed by atoms with Gasteiger partial charge < -0.3 is 5.11 Å². The summed E-state index contributed by atoms with van der Waals surface area (Å²) in [5, 5.41) is 8.75. The Hall–Kier alpha value is -3.27. The molecule has 4 rings (SSSR count). The molecular weight excluding hydrogens is 440 g/mol. The summed E-state index contributed by atoms with van der Waals surface area (Å²) < 4.78 is 56.7. The summed E-state index contributed by atoms with van der Waals surface area (Å²) in [4.78, 5) is 24.0. The molecule has 0 amide bonds. The maximum atomic E-state index is 14.6. The highest BCUT2D eigenvalue weighted by atomic mass is 35.5. The lowest BCUT2D eigenvalue weighted by Crippen LogP contribution is -2.16. The zero-order valence-electron chi connectivity index (χ0n) is 16.0. The largest absolute Gasteiger partial charge is 0.476 e. The summed E-state index contributed by atoms with van der Waals surface area (Å²) in [7, 11) is 0. The van der Waals surface area contributed by atoms with Crippen LogP contribution in [0, 0.1) is 12.7 Å². The zero-order valence-corrected chi connectivity index (χ0v) is 16.8. The lowest BCUT2D eigenvalue weighted by Gasteiger charge is -2.18. The number of aromatic nitrogens is 3. The van der Waals surface area contributed by atoms with E-state index >= 15 is 0 Å². The number of hydrogen-bond acceptors (Lipinski definition) is 4. The van der Waals surface area contributed by atoms with Crippen molar-refractivity contribution in [1.82, 2.24) is 14.5 Å². The molecule has 6 nitrogen and oxygen atoms in total. The first kappa shape index (κ1) is 21.0. The molecule has 3 heterocycles. The van der Waals surface area contributed by atoms with E-state index in [2.05, 4.69) is 15.0 Å². The van der Waals surface area contributed by atoms with Gasteiger partial charge in [-0.15, -0.1) is 0 Å². The number of carboxylic acid groups (broad SMARTS) is 1. The number of carboxylic acids is 1. The third-order valence-electron chi connectivity index (χ3n) is 4.92. The Balaban J connectivity index is 2.15. The second kappa shape index (κ2) is 7.16. The summed E-state index contributed by atoms with van der Waals surface area (Å²) in [6, 6.07) is 3.53. The van der Waals surface area contributed by atoms with Crippen LogP contribution < -0.4 is 0 Å². The number of nitrogens with zero attached hydrogens (tertiary/aromatic N) is 4. The van der Waals surface area contributed by atoms with Crippen LogP contribution in [0.2, 0.25) is 5.02 Å². The average molecular weight is 453 g/mol. The maximum Gasteiger partial charge on any atom is 0.417 e. The first-order valence-corrected chi connectivity index (χ1v) is 9.31. The second-order valence-corrected chi connectivity index (χ2v) is 7.23. The molecule has 0 radical (unpaired) electrons. The summed E-state index contributed by atoms with van der Waals surface area (Å²) in [6.45, 7) is 3.03. The van der Waals surface area contributed by atoms with Gasteiger partial charge in [0, 0.05) is 11.8 Å². The van der Waals surface area contributed by atoms with Gasteiger partial charge in [-0.1, -0.05) is 11.6 Å².